The fraction of sp³-hybridized carbons (Fsp3) is 0.167. The molecule has 0 saturated heterocycles. The van der Waals surface area contributed by atoms with E-state index in [1.807, 2.05) is 0 Å². The van der Waals surface area contributed by atoms with E-state index in [0.29, 0.717) is 23.7 Å². The Morgan fingerprint density at radius 3 is 2.61 bits per heavy atom. The number of halogens is 2. The van der Waals surface area contributed by atoms with Crippen LogP contribution >= 0.6 is 0 Å². The monoisotopic (exact) mass is 250 g/mol. The smallest absolute Gasteiger partial charge is 0.159 e. The van der Waals surface area contributed by atoms with Crippen LogP contribution in [-0.4, -0.2) is 17.0 Å². The highest BCUT2D eigenvalue weighted by molar-refractivity contribution is 5.41. The number of hydrogen-bond acceptors (Lipinski definition) is 4. The van der Waals surface area contributed by atoms with E-state index in [0.717, 1.165) is 12.1 Å². The highest BCUT2D eigenvalue weighted by Gasteiger charge is 2.03. The first-order chi connectivity index (χ1) is 8.69. The maximum absolute atomic E-state index is 13.0. The fourth-order valence-corrected chi connectivity index (χ4v) is 1.41. The van der Waals surface area contributed by atoms with Crippen molar-refractivity contribution in [3.05, 3.63) is 47.8 Å². The van der Waals surface area contributed by atoms with Gasteiger partial charge in [0.05, 0.1) is 12.4 Å². The van der Waals surface area contributed by atoms with Gasteiger partial charge < -0.3 is 10.6 Å². The lowest BCUT2D eigenvalue weighted by Crippen LogP contribution is -2.04. The van der Waals surface area contributed by atoms with E-state index in [4.69, 9.17) is 0 Å². The number of benzene rings is 1. The molecule has 1 aromatic heterocycles. The molecule has 0 unspecified atom stereocenters. The average Bonchev–Trinajstić information content (AvgIpc) is 2.40. The van der Waals surface area contributed by atoms with Gasteiger partial charge in [0.2, 0.25) is 0 Å². The van der Waals surface area contributed by atoms with Gasteiger partial charge >= 0.3 is 0 Å². The molecule has 94 valence electrons. The summed E-state index contributed by atoms with van der Waals surface area (Å²) in [5, 5.41) is 5.84. The van der Waals surface area contributed by atoms with E-state index in [-0.39, 0.29) is 0 Å². The van der Waals surface area contributed by atoms with Gasteiger partial charge in [-0.25, -0.2) is 13.8 Å². The first kappa shape index (κ1) is 12.2. The van der Waals surface area contributed by atoms with Crippen LogP contribution in [0.3, 0.4) is 0 Å². The van der Waals surface area contributed by atoms with Gasteiger partial charge in [-0.1, -0.05) is 6.07 Å². The van der Waals surface area contributed by atoms with Crippen LogP contribution in [0.5, 0.6) is 0 Å². The molecule has 0 saturated carbocycles. The van der Waals surface area contributed by atoms with Crippen molar-refractivity contribution < 1.29 is 8.78 Å². The zero-order valence-corrected chi connectivity index (χ0v) is 9.74. The molecule has 0 amide bonds. The van der Waals surface area contributed by atoms with Crippen molar-refractivity contribution in [1.29, 1.82) is 0 Å². The molecule has 0 radical (unpaired) electrons. The Hall–Kier alpha value is -2.24. The Morgan fingerprint density at radius 1 is 1.11 bits per heavy atom. The van der Waals surface area contributed by atoms with E-state index in [9.17, 15) is 8.78 Å². The molecule has 0 aliphatic rings. The minimum Gasteiger partial charge on any atom is -0.372 e. The van der Waals surface area contributed by atoms with E-state index in [1.165, 1.54) is 6.07 Å². The predicted octanol–water partition coefficient (Wildman–Crippen LogP) is 2.41. The number of rotatable bonds is 4. The molecule has 6 heteroatoms. The lowest BCUT2D eigenvalue weighted by Gasteiger charge is -2.07. The molecule has 2 aromatic rings. The molecule has 0 atom stereocenters. The summed E-state index contributed by atoms with van der Waals surface area (Å²) in [4.78, 5) is 8.17. The number of nitrogens with one attached hydrogen (secondary N) is 2. The quantitative estimate of drug-likeness (QED) is 0.874. The number of hydrogen-bond donors (Lipinski definition) is 2. The van der Waals surface area contributed by atoms with Crippen molar-refractivity contribution in [2.45, 2.75) is 6.54 Å². The topological polar surface area (TPSA) is 49.8 Å². The maximum atomic E-state index is 13.0. The summed E-state index contributed by atoms with van der Waals surface area (Å²) in [6.07, 6.45) is 3.14. The van der Waals surface area contributed by atoms with Crippen LogP contribution in [0.2, 0.25) is 0 Å². The minimum absolute atomic E-state index is 0.346. The van der Waals surface area contributed by atoms with Gasteiger partial charge in [-0.05, 0) is 17.7 Å². The number of anilines is 2. The molecule has 0 spiro atoms. The van der Waals surface area contributed by atoms with Gasteiger partial charge in [-0.15, -0.1) is 0 Å². The summed E-state index contributed by atoms with van der Waals surface area (Å²) in [6.45, 7) is 0.346. The third kappa shape index (κ3) is 2.91. The standard InChI is InChI=1S/C12H12F2N4/c1-15-11-6-16-7-12(18-11)17-5-8-2-3-9(13)10(14)4-8/h2-4,6-7H,5H2,1H3,(H2,15,17,18). The minimum atomic E-state index is -0.857. The summed E-state index contributed by atoms with van der Waals surface area (Å²) in [5.74, 6) is -0.517. The van der Waals surface area contributed by atoms with Gasteiger partial charge in [0.15, 0.2) is 11.6 Å². The third-order valence-corrected chi connectivity index (χ3v) is 2.35. The van der Waals surface area contributed by atoms with Gasteiger partial charge in [0, 0.05) is 13.6 Å². The van der Waals surface area contributed by atoms with Crippen molar-refractivity contribution >= 4 is 11.6 Å². The largest absolute Gasteiger partial charge is 0.372 e. The predicted molar refractivity (Wildman–Crippen MR) is 65.3 cm³/mol. The van der Waals surface area contributed by atoms with Crippen molar-refractivity contribution in [2.24, 2.45) is 0 Å². The van der Waals surface area contributed by atoms with Crippen molar-refractivity contribution in [2.75, 3.05) is 17.7 Å². The van der Waals surface area contributed by atoms with Crippen molar-refractivity contribution in [3.63, 3.8) is 0 Å². The van der Waals surface area contributed by atoms with E-state index in [1.54, 1.807) is 19.4 Å². The molecule has 0 bridgehead atoms. The zero-order chi connectivity index (χ0) is 13.0. The SMILES string of the molecule is CNc1cncc(NCc2ccc(F)c(F)c2)n1. The summed E-state index contributed by atoms with van der Waals surface area (Å²) in [5.41, 5.74) is 0.630. The molecule has 2 N–H and O–H groups in total. The highest BCUT2D eigenvalue weighted by Crippen LogP contribution is 2.11. The van der Waals surface area contributed by atoms with Crippen LogP contribution in [-0.2, 0) is 6.54 Å². The zero-order valence-electron chi connectivity index (χ0n) is 9.74. The van der Waals surface area contributed by atoms with Crippen LogP contribution in [0.1, 0.15) is 5.56 Å². The molecule has 1 heterocycles. The van der Waals surface area contributed by atoms with Crippen LogP contribution in [0, 0.1) is 11.6 Å². The van der Waals surface area contributed by atoms with Gasteiger partial charge in [-0.3, -0.25) is 4.98 Å². The van der Waals surface area contributed by atoms with Crippen LogP contribution in [0.4, 0.5) is 20.4 Å². The lowest BCUT2D eigenvalue weighted by molar-refractivity contribution is 0.507. The molecule has 2 rings (SSSR count). The first-order valence-electron chi connectivity index (χ1n) is 5.36. The molecule has 1 aromatic carbocycles. The van der Waals surface area contributed by atoms with E-state index >= 15 is 0 Å². The maximum Gasteiger partial charge on any atom is 0.159 e. The normalized spacial score (nSPS) is 10.2. The number of aromatic nitrogens is 2. The Labute approximate surface area is 103 Å². The second-order valence-electron chi connectivity index (χ2n) is 3.64. The molecule has 0 aliphatic heterocycles. The van der Waals surface area contributed by atoms with Gasteiger partial charge in [-0.2, -0.15) is 0 Å². The Balaban J connectivity index is 2.04. The average molecular weight is 250 g/mol. The van der Waals surface area contributed by atoms with Crippen LogP contribution in [0.25, 0.3) is 0 Å². The van der Waals surface area contributed by atoms with Crippen molar-refractivity contribution in [1.82, 2.24) is 9.97 Å². The summed E-state index contributed by atoms with van der Waals surface area (Å²) in [7, 11) is 1.74. The summed E-state index contributed by atoms with van der Waals surface area (Å²) < 4.78 is 25.7. The van der Waals surface area contributed by atoms with Crippen LogP contribution < -0.4 is 10.6 Å². The lowest BCUT2D eigenvalue weighted by atomic mass is 10.2. The Morgan fingerprint density at radius 2 is 1.89 bits per heavy atom. The van der Waals surface area contributed by atoms with Gasteiger partial charge in [0.1, 0.15) is 11.6 Å². The second-order valence-corrected chi connectivity index (χ2v) is 3.64. The first-order valence-corrected chi connectivity index (χ1v) is 5.36. The van der Waals surface area contributed by atoms with E-state index < -0.39 is 11.6 Å². The Kier molecular flexibility index (Phi) is 3.66. The molecule has 18 heavy (non-hydrogen) atoms. The molecule has 0 fully saturated rings. The molecular formula is C12H12F2N4. The van der Waals surface area contributed by atoms with Crippen LogP contribution in [0.15, 0.2) is 30.6 Å². The van der Waals surface area contributed by atoms with E-state index in [2.05, 4.69) is 20.6 Å². The second kappa shape index (κ2) is 5.39. The fourth-order valence-electron chi connectivity index (χ4n) is 1.41. The highest BCUT2D eigenvalue weighted by atomic mass is 19.2. The molecule has 4 nitrogen and oxygen atoms in total. The Bertz CT molecular complexity index is 545. The molecule has 0 aliphatic carbocycles. The van der Waals surface area contributed by atoms with Gasteiger partial charge in [0.25, 0.3) is 0 Å². The van der Waals surface area contributed by atoms with Crippen molar-refractivity contribution in [3.8, 4) is 0 Å². The summed E-state index contributed by atoms with van der Waals surface area (Å²) >= 11 is 0. The number of nitrogens with zero attached hydrogens (tertiary/aromatic N) is 2. The molecular weight excluding hydrogens is 238 g/mol. The summed E-state index contributed by atoms with van der Waals surface area (Å²) in [6, 6.07) is 3.76. The third-order valence-electron chi connectivity index (χ3n) is 2.35.